The Labute approximate surface area is 166 Å². The van der Waals surface area contributed by atoms with Gasteiger partial charge in [-0.3, -0.25) is 0 Å². The molecule has 0 bridgehead atoms. The summed E-state index contributed by atoms with van der Waals surface area (Å²) in [7, 11) is 0. The van der Waals surface area contributed by atoms with Crippen LogP contribution >= 0.6 is 0 Å². The fourth-order valence-corrected chi connectivity index (χ4v) is 4.34. The van der Waals surface area contributed by atoms with E-state index in [0.717, 1.165) is 29.7 Å². The number of hydrogen-bond acceptors (Lipinski definition) is 3. The van der Waals surface area contributed by atoms with E-state index < -0.39 is 5.60 Å². The van der Waals surface area contributed by atoms with Gasteiger partial charge in [-0.1, -0.05) is 42.5 Å². The van der Waals surface area contributed by atoms with Gasteiger partial charge in [0.25, 0.3) is 0 Å². The number of nitrogens with zero attached hydrogens (tertiary/aromatic N) is 1. The molecule has 28 heavy (non-hydrogen) atoms. The van der Waals surface area contributed by atoms with Crippen LogP contribution in [0.3, 0.4) is 0 Å². The van der Waals surface area contributed by atoms with Crippen LogP contribution < -0.4 is 5.32 Å². The second kappa shape index (κ2) is 7.57. The molecule has 2 saturated heterocycles. The molecule has 2 amide bonds. The molecule has 2 aliphatic heterocycles. The zero-order chi connectivity index (χ0) is 19.6. The molecular formula is C23H28N2O3. The van der Waals surface area contributed by atoms with Crippen molar-refractivity contribution in [2.45, 2.75) is 43.8 Å². The van der Waals surface area contributed by atoms with Crippen LogP contribution in [0, 0.1) is 0 Å². The van der Waals surface area contributed by atoms with Crippen LogP contribution in [0.15, 0.2) is 54.6 Å². The lowest BCUT2D eigenvalue weighted by atomic mass is 9.78. The molecule has 2 N–H and O–H groups in total. The Morgan fingerprint density at radius 1 is 1.00 bits per heavy atom. The molecule has 0 aromatic heterocycles. The van der Waals surface area contributed by atoms with Crippen molar-refractivity contribution in [2.24, 2.45) is 0 Å². The topological polar surface area (TPSA) is 61.8 Å². The Hall–Kier alpha value is -2.37. The summed E-state index contributed by atoms with van der Waals surface area (Å²) in [5.41, 5.74) is 2.13. The van der Waals surface area contributed by atoms with Gasteiger partial charge < -0.3 is 20.1 Å². The summed E-state index contributed by atoms with van der Waals surface area (Å²) in [6.07, 6.45) is 2.86. The van der Waals surface area contributed by atoms with Crippen molar-refractivity contribution in [1.82, 2.24) is 4.90 Å². The molecule has 0 aliphatic carbocycles. The van der Waals surface area contributed by atoms with Crippen LogP contribution in [0.5, 0.6) is 0 Å². The molecule has 1 unspecified atom stereocenters. The van der Waals surface area contributed by atoms with Gasteiger partial charge in [-0.05, 0) is 49.4 Å². The summed E-state index contributed by atoms with van der Waals surface area (Å²) in [6, 6.07) is 18.0. The summed E-state index contributed by atoms with van der Waals surface area (Å²) in [5, 5.41) is 13.4. The molecule has 0 radical (unpaired) electrons. The Balaban J connectivity index is 1.34. The maximum Gasteiger partial charge on any atom is 0.321 e. The molecular weight excluding hydrogens is 352 g/mol. The zero-order valence-electron chi connectivity index (χ0n) is 16.4. The molecule has 0 saturated carbocycles. The summed E-state index contributed by atoms with van der Waals surface area (Å²) in [5.74, 6) is 0. The molecule has 2 heterocycles. The zero-order valence-corrected chi connectivity index (χ0v) is 16.4. The first-order valence-corrected chi connectivity index (χ1v) is 10.0. The number of piperidine rings is 1. The van der Waals surface area contributed by atoms with Crippen molar-refractivity contribution in [3.05, 3.63) is 54.6 Å². The highest BCUT2D eigenvalue weighted by atomic mass is 16.5. The van der Waals surface area contributed by atoms with Gasteiger partial charge in [-0.25, -0.2) is 4.79 Å². The average Bonchev–Trinajstić information content (AvgIpc) is 2.69. The van der Waals surface area contributed by atoms with E-state index in [-0.39, 0.29) is 11.6 Å². The van der Waals surface area contributed by atoms with E-state index in [4.69, 9.17) is 4.74 Å². The third-order valence-corrected chi connectivity index (χ3v) is 5.96. The van der Waals surface area contributed by atoms with E-state index in [9.17, 15) is 9.90 Å². The van der Waals surface area contributed by atoms with Crippen molar-refractivity contribution in [3.63, 3.8) is 0 Å². The average molecular weight is 380 g/mol. The molecule has 148 valence electrons. The van der Waals surface area contributed by atoms with Gasteiger partial charge in [0.1, 0.15) is 0 Å². The van der Waals surface area contributed by atoms with Crippen LogP contribution in [0.4, 0.5) is 10.5 Å². The number of carbonyl (C=O) groups excluding carboxylic acids is 1. The first-order valence-electron chi connectivity index (χ1n) is 10.0. The van der Waals surface area contributed by atoms with E-state index >= 15 is 0 Å². The molecule has 2 aliphatic rings. The lowest BCUT2D eigenvalue weighted by molar-refractivity contribution is -0.169. The van der Waals surface area contributed by atoms with E-state index in [1.807, 2.05) is 54.3 Å². The van der Waals surface area contributed by atoms with E-state index in [1.54, 1.807) is 0 Å². The fraction of sp³-hybridized carbons (Fsp3) is 0.435. The second-order valence-corrected chi connectivity index (χ2v) is 8.32. The van der Waals surface area contributed by atoms with Crippen molar-refractivity contribution in [2.75, 3.05) is 25.0 Å². The molecule has 2 fully saturated rings. The van der Waals surface area contributed by atoms with Crippen LogP contribution in [-0.2, 0) is 4.74 Å². The maximum absolute atomic E-state index is 12.6. The SMILES string of the molecule is CC1(O)CCOC2(CCN(C(=O)Nc3ccc(-c4ccccc4)cc3)CC2)C1. The number of hydrogen-bond donors (Lipinski definition) is 2. The van der Waals surface area contributed by atoms with Gasteiger partial charge in [0.15, 0.2) is 0 Å². The van der Waals surface area contributed by atoms with Crippen LogP contribution in [0.2, 0.25) is 0 Å². The van der Waals surface area contributed by atoms with Gasteiger partial charge in [0, 0.05) is 25.2 Å². The highest BCUT2D eigenvalue weighted by Crippen LogP contribution is 2.39. The van der Waals surface area contributed by atoms with Crippen LogP contribution in [0.25, 0.3) is 11.1 Å². The number of likely N-dealkylation sites (tertiary alicyclic amines) is 1. The predicted octanol–water partition coefficient (Wildman–Crippen LogP) is 4.28. The minimum atomic E-state index is -0.664. The number of amides is 2. The van der Waals surface area contributed by atoms with Crippen LogP contribution in [-0.4, -0.2) is 46.9 Å². The number of aliphatic hydroxyl groups is 1. The van der Waals surface area contributed by atoms with Gasteiger partial charge in [-0.15, -0.1) is 0 Å². The van der Waals surface area contributed by atoms with Gasteiger partial charge >= 0.3 is 6.03 Å². The summed E-state index contributed by atoms with van der Waals surface area (Å²) < 4.78 is 6.03. The van der Waals surface area contributed by atoms with Gasteiger partial charge in [0.2, 0.25) is 0 Å². The van der Waals surface area contributed by atoms with E-state index in [2.05, 4.69) is 17.4 Å². The minimum Gasteiger partial charge on any atom is -0.390 e. The van der Waals surface area contributed by atoms with E-state index in [0.29, 0.717) is 32.5 Å². The highest BCUT2D eigenvalue weighted by molar-refractivity contribution is 5.89. The lowest BCUT2D eigenvalue weighted by Gasteiger charge is -2.48. The molecule has 2 aromatic carbocycles. The molecule has 5 heteroatoms. The normalized spacial score (nSPS) is 24.1. The number of rotatable bonds is 2. The largest absolute Gasteiger partial charge is 0.390 e. The molecule has 5 nitrogen and oxygen atoms in total. The Bertz CT molecular complexity index is 810. The lowest BCUT2D eigenvalue weighted by Crippen LogP contribution is -2.54. The standard InChI is InChI=1S/C23H28N2O3/c1-22(27)13-16-28-23(17-22)11-14-25(15-12-23)21(26)24-20-9-7-19(8-10-20)18-5-3-2-4-6-18/h2-10,27H,11-17H2,1H3,(H,24,26). The second-order valence-electron chi connectivity index (χ2n) is 8.32. The Kier molecular flexibility index (Phi) is 5.13. The summed E-state index contributed by atoms with van der Waals surface area (Å²) in [4.78, 5) is 14.5. The third kappa shape index (κ3) is 4.21. The third-order valence-electron chi connectivity index (χ3n) is 5.96. The first kappa shape index (κ1) is 19.0. The molecule has 1 atom stereocenters. The summed E-state index contributed by atoms with van der Waals surface area (Å²) in [6.45, 7) is 3.76. The quantitative estimate of drug-likeness (QED) is 0.817. The van der Waals surface area contributed by atoms with Crippen molar-refractivity contribution < 1.29 is 14.6 Å². The summed E-state index contributed by atoms with van der Waals surface area (Å²) >= 11 is 0. The smallest absolute Gasteiger partial charge is 0.321 e. The number of carbonyl (C=O) groups is 1. The molecule has 4 rings (SSSR count). The number of benzene rings is 2. The maximum atomic E-state index is 12.6. The Morgan fingerprint density at radius 3 is 2.29 bits per heavy atom. The molecule has 2 aromatic rings. The highest BCUT2D eigenvalue weighted by Gasteiger charge is 2.44. The van der Waals surface area contributed by atoms with Crippen molar-refractivity contribution >= 4 is 11.7 Å². The number of nitrogens with one attached hydrogen (secondary N) is 1. The first-order chi connectivity index (χ1) is 13.4. The van der Waals surface area contributed by atoms with Gasteiger partial charge in [-0.2, -0.15) is 0 Å². The van der Waals surface area contributed by atoms with Gasteiger partial charge in [0.05, 0.1) is 17.8 Å². The van der Waals surface area contributed by atoms with E-state index in [1.165, 1.54) is 0 Å². The predicted molar refractivity (Wildman–Crippen MR) is 110 cm³/mol. The fourth-order valence-electron chi connectivity index (χ4n) is 4.34. The number of anilines is 1. The van der Waals surface area contributed by atoms with Crippen LogP contribution in [0.1, 0.15) is 32.6 Å². The number of urea groups is 1. The minimum absolute atomic E-state index is 0.0788. The van der Waals surface area contributed by atoms with Crippen molar-refractivity contribution in [3.8, 4) is 11.1 Å². The Morgan fingerprint density at radius 2 is 1.64 bits per heavy atom. The molecule has 1 spiro atoms. The van der Waals surface area contributed by atoms with Crippen molar-refractivity contribution in [1.29, 1.82) is 0 Å². The monoisotopic (exact) mass is 380 g/mol. The number of ether oxygens (including phenoxy) is 1.